The summed E-state index contributed by atoms with van der Waals surface area (Å²) in [5.74, 6) is 0.639. The maximum absolute atomic E-state index is 13.3. The predicted molar refractivity (Wildman–Crippen MR) is 142 cm³/mol. The minimum Gasteiger partial charge on any atom is -0.352 e. The summed E-state index contributed by atoms with van der Waals surface area (Å²) < 4.78 is 26.5. The van der Waals surface area contributed by atoms with E-state index in [9.17, 15) is 13.2 Å². The van der Waals surface area contributed by atoms with E-state index in [0.29, 0.717) is 12.5 Å². The Hall–Kier alpha value is -2.38. The summed E-state index contributed by atoms with van der Waals surface area (Å²) in [5.41, 5.74) is 2.94. The van der Waals surface area contributed by atoms with Gasteiger partial charge < -0.3 is 10.6 Å². The van der Waals surface area contributed by atoms with Gasteiger partial charge in [0.05, 0.1) is 11.9 Å². The average molecular weight is 498 g/mol. The topological polar surface area (TPSA) is 78.5 Å². The van der Waals surface area contributed by atoms with Gasteiger partial charge in [-0.2, -0.15) is 0 Å². The van der Waals surface area contributed by atoms with Gasteiger partial charge in [0.25, 0.3) is 0 Å². The number of carbonyl (C=O) groups excluding carboxylic acids is 1. The maximum Gasteiger partial charge on any atom is 0.232 e. The highest BCUT2D eigenvalue weighted by atomic mass is 32.2. The Balaban J connectivity index is 1.41. The van der Waals surface area contributed by atoms with E-state index in [2.05, 4.69) is 42.7 Å². The third kappa shape index (κ3) is 6.07. The smallest absolute Gasteiger partial charge is 0.232 e. The Morgan fingerprint density at radius 2 is 1.69 bits per heavy atom. The summed E-state index contributed by atoms with van der Waals surface area (Å²) in [5, 5.41) is 6.84. The molecule has 1 aliphatic carbocycles. The lowest BCUT2D eigenvalue weighted by atomic mass is 9.67. The first kappa shape index (κ1) is 25.7. The van der Waals surface area contributed by atoms with Crippen LogP contribution in [0.3, 0.4) is 0 Å². The first-order valence-corrected chi connectivity index (χ1v) is 14.6. The molecule has 2 N–H and O–H groups in total. The van der Waals surface area contributed by atoms with Crippen molar-refractivity contribution in [3.8, 4) is 0 Å². The molecule has 2 aliphatic rings. The molecule has 1 atom stereocenters. The van der Waals surface area contributed by atoms with Crippen LogP contribution >= 0.6 is 0 Å². The van der Waals surface area contributed by atoms with Crippen molar-refractivity contribution in [2.75, 3.05) is 30.2 Å². The number of fused-ring (bicyclic) bond motifs is 2. The van der Waals surface area contributed by atoms with Crippen LogP contribution in [-0.2, 0) is 26.7 Å². The summed E-state index contributed by atoms with van der Waals surface area (Å²) in [6, 6.07) is 18.2. The van der Waals surface area contributed by atoms with E-state index in [1.807, 2.05) is 36.4 Å². The second kappa shape index (κ2) is 10.7. The Labute approximate surface area is 210 Å². The molecular formula is C28H39N3O3S. The normalized spacial score (nSPS) is 22.9. The summed E-state index contributed by atoms with van der Waals surface area (Å²) in [6.07, 6.45) is 5.27. The predicted octanol–water partition coefficient (Wildman–Crippen LogP) is 3.87. The summed E-state index contributed by atoms with van der Waals surface area (Å²) >= 11 is 0. The van der Waals surface area contributed by atoms with Crippen molar-refractivity contribution in [3.63, 3.8) is 0 Å². The van der Waals surface area contributed by atoms with Gasteiger partial charge in [0.2, 0.25) is 15.9 Å². The monoisotopic (exact) mass is 497 g/mol. The van der Waals surface area contributed by atoms with Crippen molar-refractivity contribution < 1.29 is 13.2 Å². The van der Waals surface area contributed by atoms with Gasteiger partial charge in [-0.3, -0.25) is 9.10 Å². The standard InChI is InChI=1S/C28H39N3O3S/c1-21(2)18-29-19-24(17-22-9-5-4-6-10-22)30-27(32)23-13-15-28(16-14-23)20-31(35(3,33)34)26-12-8-7-11-25(26)28/h4-12,21,23-24,29H,13-20H2,1-3H3,(H,30,32)/t23?,24-,28?/m0/s1. The van der Waals surface area contributed by atoms with Gasteiger partial charge in [0.1, 0.15) is 0 Å². The minimum atomic E-state index is -3.33. The number of hydrogen-bond acceptors (Lipinski definition) is 4. The Morgan fingerprint density at radius 1 is 1.03 bits per heavy atom. The Morgan fingerprint density at radius 3 is 2.34 bits per heavy atom. The summed E-state index contributed by atoms with van der Waals surface area (Å²) in [6.45, 7) is 6.51. The molecule has 2 aromatic rings. The number of para-hydroxylation sites is 1. The van der Waals surface area contributed by atoms with Crippen molar-refractivity contribution >= 4 is 21.6 Å². The van der Waals surface area contributed by atoms with Crippen LogP contribution in [0.5, 0.6) is 0 Å². The van der Waals surface area contributed by atoms with Crippen molar-refractivity contribution in [1.82, 2.24) is 10.6 Å². The molecule has 0 unspecified atom stereocenters. The van der Waals surface area contributed by atoms with Gasteiger partial charge in [-0.25, -0.2) is 8.42 Å². The molecule has 190 valence electrons. The third-order valence-corrected chi connectivity index (χ3v) is 8.65. The van der Waals surface area contributed by atoms with E-state index >= 15 is 0 Å². The molecule has 1 fully saturated rings. The lowest BCUT2D eigenvalue weighted by Crippen LogP contribution is -2.48. The first-order valence-electron chi connectivity index (χ1n) is 12.8. The van der Waals surface area contributed by atoms with Crippen LogP contribution in [0.25, 0.3) is 0 Å². The van der Waals surface area contributed by atoms with Crippen LogP contribution in [-0.4, -0.2) is 46.3 Å². The highest BCUT2D eigenvalue weighted by Gasteiger charge is 2.47. The lowest BCUT2D eigenvalue weighted by Gasteiger charge is -2.37. The SMILES string of the molecule is CC(C)CNC[C@H](Cc1ccccc1)NC(=O)C1CCC2(CC1)CN(S(C)(=O)=O)c1ccccc12. The molecule has 1 heterocycles. The molecule has 1 amide bonds. The molecule has 1 aliphatic heterocycles. The Kier molecular flexibility index (Phi) is 7.86. The lowest BCUT2D eigenvalue weighted by molar-refractivity contribution is -0.127. The van der Waals surface area contributed by atoms with Crippen LogP contribution < -0.4 is 14.9 Å². The average Bonchev–Trinajstić information content (AvgIpc) is 3.14. The zero-order valence-electron chi connectivity index (χ0n) is 21.2. The molecule has 1 saturated carbocycles. The fourth-order valence-corrected chi connectivity index (χ4v) is 6.68. The molecule has 0 aromatic heterocycles. The maximum atomic E-state index is 13.3. The summed E-state index contributed by atoms with van der Waals surface area (Å²) in [4.78, 5) is 13.3. The Bertz CT molecular complexity index is 1110. The third-order valence-electron chi connectivity index (χ3n) is 7.52. The fraction of sp³-hybridized carbons (Fsp3) is 0.536. The quantitative estimate of drug-likeness (QED) is 0.551. The molecule has 0 bridgehead atoms. The van der Waals surface area contributed by atoms with Crippen molar-refractivity contribution in [3.05, 3.63) is 65.7 Å². The zero-order chi connectivity index (χ0) is 25.1. The van der Waals surface area contributed by atoms with Gasteiger partial charge in [-0.15, -0.1) is 0 Å². The number of rotatable bonds is 9. The van der Waals surface area contributed by atoms with Gasteiger partial charge in [-0.05, 0) is 61.8 Å². The highest BCUT2D eigenvalue weighted by Crippen LogP contribution is 2.50. The van der Waals surface area contributed by atoms with Crippen molar-refractivity contribution in [2.45, 2.75) is 57.4 Å². The van der Waals surface area contributed by atoms with Gasteiger partial charge in [-0.1, -0.05) is 62.4 Å². The van der Waals surface area contributed by atoms with Crippen LogP contribution in [0.1, 0.15) is 50.7 Å². The first-order chi connectivity index (χ1) is 16.7. The minimum absolute atomic E-state index is 0.0347. The molecule has 2 aromatic carbocycles. The van der Waals surface area contributed by atoms with Crippen molar-refractivity contribution in [1.29, 1.82) is 0 Å². The number of nitrogens with zero attached hydrogens (tertiary/aromatic N) is 1. The van der Waals surface area contributed by atoms with Crippen molar-refractivity contribution in [2.24, 2.45) is 11.8 Å². The highest BCUT2D eigenvalue weighted by molar-refractivity contribution is 7.92. The van der Waals surface area contributed by atoms with E-state index in [1.54, 1.807) is 4.31 Å². The van der Waals surface area contributed by atoms with Gasteiger partial charge >= 0.3 is 0 Å². The number of carbonyl (C=O) groups is 1. The fourth-order valence-electron chi connectivity index (χ4n) is 5.68. The molecule has 6 nitrogen and oxygen atoms in total. The number of anilines is 1. The van der Waals surface area contributed by atoms with Gasteiger partial charge in [0.15, 0.2) is 0 Å². The largest absolute Gasteiger partial charge is 0.352 e. The number of sulfonamides is 1. The number of hydrogen-bond donors (Lipinski definition) is 2. The van der Waals surface area contributed by atoms with E-state index < -0.39 is 10.0 Å². The molecule has 1 spiro atoms. The van der Waals surface area contributed by atoms with Crippen LogP contribution in [0.15, 0.2) is 54.6 Å². The number of amides is 1. The van der Waals surface area contributed by atoms with E-state index in [-0.39, 0.29) is 23.3 Å². The van der Waals surface area contributed by atoms with E-state index in [1.165, 1.54) is 11.8 Å². The van der Waals surface area contributed by atoms with Gasteiger partial charge in [0, 0.05) is 30.5 Å². The second-order valence-electron chi connectivity index (χ2n) is 10.8. The molecule has 4 rings (SSSR count). The van der Waals surface area contributed by atoms with Crippen LogP contribution in [0.4, 0.5) is 5.69 Å². The molecule has 0 saturated heterocycles. The molecular weight excluding hydrogens is 458 g/mol. The molecule has 7 heteroatoms. The van der Waals surface area contributed by atoms with E-state index in [0.717, 1.165) is 56.4 Å². The van der Waals surface area contributed by atoms with E-state index in [4.69, 9.17) is 0 Å². The number of nitrogens with one attached hydrogen (secondary N) is 2. The zero-order valence-corrected chi connectivity index (χ0v) is 22.0. The van der Waals surface area contributed by atoms with Crippen LogP contribution in [0.2, 0.25) is 0 Å². The number of benzene rings is 2. The van der Waals surface area contributed by atoms with Crippen LogP contribution in [0, 0.1) is 11.8 Å². The molecule has 0 radical (unpaired) electrons. The summed E-state index contributed by atoms with van der Waals surface area (Å²) in [7, 11) is -3.33. The second-order valence-corrected chi connectivity index (χ2v) is 12.7. The molecule has 35 heavy (non-hydrogen) atoms.